The first-order chi connectivity index (χ1) is 4.70. The van der Waals surface area contributed by atoms with Gasteiger partial charge in [-0.2, -0.15) is 0 Å². The molecular weight excluding hydrogens is 144 g/mol. The molecule has 0 amide bonds. The van der Waals surface area contributed by atoms with Crippen molar-refractivity contribution >= 4 is 9.52 Å². The molecule has 0 bridgehead atoms. The molecule has 2 nitrogen and oxygen atoms in total. The molecule has 1 atom stereocenters. The molecule has 0 aromatic carbocycles. The van der Waals surface area contributed by atoms with Crippen molar-refractivity contribution in [2.45, 2.75) is 18.9 Å². The molecule has 0 fully saturated rings. The Labute approximate surface area is 65.7 Å². The fraction of sp³-hybridized carbons (Fsp3) is 0.857. The van der Waals surface area contributed by atoms with Gasteiger partial charge in [0.25, 0.3) is 0 Å². The van der Waals surface area contributed by atoms with Gasteiger partial charge in [0.15, 0.2) is 0 Å². The summed E-state index contributed by atoms with van der Waals surface area (Å²) in [6, 6.07) is 1.19. The number of hydrogen-bond donors (Lipinski definition) is 0. The minimum absolute atomic E-state index is 0.0872. The van der Waals surface area contributed by atoms with Gasteiger partial charge in [0, 0.05) is 14.2 Å². The average molecular weight is 161 g/mol. The summed E-state index contributed by atoms with van der Waals surface area (Å²) < 4.78 is 10.1. The smallest absolute Gasteiger partial charge is 0.134 e. The van der Waals surface area contributed by atoms with E-state index in [9.17, 15) is 0 Å². The van der Waals surface area contributed by atoms with Gasteiger partial charge in [-0.25, -0.2) is 0 Å². The molecule has 0 heterocycles. The van der Waals surface area contributed by atoms with Gasteiger partial charge in [-0.3, -0.25) is 0 Å². The minimum atomic E-state index is -0.229. The van der Waals surface area contributed by atoms with Gasteiger partial charge in [-0.1, -0.05) is 19.9 Å². The zero-order chi connectivity index (χ0) is 7.98. The normalized spacial score (nSPS) is 12.6. The van der Waals surface area contributed by atoms with Crippen LogP contribution in [0.3, 0.4) is 0 Å². The zero-order valence-corrected chi connectivity index (χ0v) is 8.51. The Morgan fingerprint density at radius 2 is 1.90 bits per heavy atom. The van der Waals surface area contributed by atoms with Gasteiger partial charge in [0.2, 0.25) is 0 Å². The van der Waals surface area contributed by atoms with Crippen molar-refractivity contribution in [2.75, 3.05) is 14.2 Å². The van der Waals surface area contributed by atoms with Crippen LogP contribution in [-0.4, -0.2) is 29.7 Å². The largest absolute Gasteiger partial charge is 0.360 e. The Hall–Kier alpha value is 0.137. The number of ether oxygens (including phenoxy) is 2. The van der Waals surface area contributed by atoms with Crippen LogP contribution in [0.4, 0.5) is 0 Å². The van der Waals surface area contributed by atoms with Crippen LogP contribution in [0.1, 0.15) is 6.92 Å². The predicted octanol–water partition coefficient (Wildman–Crippen LogP) is 0.620. The first-order valence-corrected chi connectivity index (χ1v) is 5.41. The summed E-state index contributed by atoms with van der Waals surface area (Å²) in [6.45, 7) is 6.02. The molecule has 1 unspecified atom stereocenters. The van der Waals surface area contributed by atoms with E-state index < -0.39 is 0 Å². The molecule has 0 aliphatic rings. The summed E-state index contributed by atoms with van der Waals surface area (Å²) in [5.41, 5.74) is 0. The van der Waals surface area contributed by atoms with Crippen LogP contribution < -0.4 is 0 Å². The molecule has 61 valence electrons. The summed E-state index contributed by atoms with van der Waals surface area (Å²) in [4.78, 5) is 0. The maximum absolute atomic E-state index is 5.06. The molecule has 0 aromatic rings. The van der Waals surface area contributed by atoms with Crippen molar-refractivity contribution in [1.29, 1.82) is 0 Å². The van der Waals surface area contributed by atoms with Crippen LogP contribution >= 0.6 is 0 Å². The van der Waals surface area contributed by atoms with E-state index in [4.69, 9.17) is 9.47 Å². The average Bonchev–Trinajstić information content (AvgIpc) is 1.90. The predicted molar refractivity (Wildman–Crippen MR) is 45.7 cm³/mol. The minimum Gasteiger partial charge on any atom is -0.360 e. The highest BCUT2D eigenvalue weighted by Crippen LogP contribution is 2.01. The summed E-state index contributed by atoms with van der Waals surface area (Å²) in [5.74, 6) is 0.628. The Morgan fingerprint density at radius 1 is 1.40 bits per heavy atom. The number of methoxy groups -OCH3 is 2. The third kappa shape index (κ3) is 4.96. The topological polar surface area (TPSA) is 18.5 Å². The Kier molecular flexibility index (Phi) is 5.97. The second kappa shape index (κ2) is 5.89. The van der Waals surface area contributed by atoms with Gasteiger partial charge < -0.3 is 9.47 Å². The lowest BCUT2D eigenvalue weighted by atomic mass is 10.3. The molecule has 0 aliphatic carbocycles. The van der Waals surface area contributed by atoms with Gasteiger partial charge in [-0.05, 0) is 5.92 Å². The first-order valence-electron chi connectivity index (χ1n) is 3.59. The van der Waals surface area contributed by atoms with E-state index in [1.54, 1.807) is 14.2 Å². The van der Waals surface area contributed by atoms with E-state index in [1.165, 1.54) is 6.04 Å². The third-order valence-corrected chi connectivity index (χ3v) is 3.88. The highest BCUT2D eigenvalue weighted by Gasteiger charge is 2.05. The summed E-state index contributed by atoms with van der Waals surface area (Å²) in [5, 5.41) is 0. The van der Waals surface area contributed by atoms with Gasteiger partial charge in [-0.15, -0.1) is 0 Å². The molecule has 0 saturated heterocycles. The summed E-state index contributed by atoms with van der Waals surface area (Å²) in [7, 11) is 3.15. The van der Waals surface area contributed by atoms with E-state index in [-0.39, 0.29) is 15.4 Å². The lowest BCUT2D eigenvalue weighted by molar-refractivity contribution is -0.0442. The van der Waals surface area contributed by atoms with Crippen LogP contribution in [0.5, 0.6) is 0 Å². The highest BCUT2D eigenvalue weighted by atomic mass is 28.2. The Balaban J connectivity index is 3.26. The zero-order valence-electron chi connectivity index (χ0n) is 7.09. The standard InChI is InChI=1S/C7H17O2Si/c1-6(2)5-10-7(8-3)9-4/h6-7H,1,5,10H2,2-4H3. The van der Waals surface area contributed by atoms with E-state index in [1.807, 2.05) is 0 Å². The van der Waals surface area contributed by atoms with Crippen LogP contribution in [0.15, 0.2) is 0 Å². The van der Waals surface area contributed by atoms with Crippen LogP contribution in [0.2, 0.25) is 6.04 Å². The second-order valence-corrected chi connectivity index (χ2v) is 4.40. The molecule has 0 saturated carbocycles. The molecule has 0 aromatic heterocycles. The lowest BCUT2D eigenvalue weighted by Gasteiger charge is -2.13. The lowest BCUT2D eigenvalue weighted by Crippen LogP contribution is -2.22. The fourth-order valence-corrected chi connectivity index (χ4v) is 2.07. The molecular formula is C7H17O2Si. The van der Waals surface area contributed by atoms with Crippen molar-refractivity contribution in [3.8, 4) is 0 Å². The summed E-state index contributed by atoms with van der Waals surface area (Å²) >= 11 is 0. The van der Waals surface area contributed by atoms with Gasteiger partial charge in [0.1, 0.15) is 5.91 Å². The second-order valence-electron chi connectivity index (χ2n) is 2.58. The van der Waals surface area contributed by atoms with Gasteiger partial charge >= 0.3 is 0 Å². The maximum atomic E-state index is 5.06. The molecule has 10 heavy (non-hydrogen) atoms. The Morgan fingerprint density at radius 3 is 2.20 bits per heavy atom. The van der Waals surface area contributed by atoms with Gasteiger partial charge in [0.05, 0.1) is 9.52 Å². The quantitative estimate of drug-likeness (QED) is 0.435. The third-order valence-electron chi connectivity index (χ3n) is 1.42. The Bertz CT molecular complexity index is 72.0. The first kappa shape index (κ1) is 10.1. The van der Waals surface area contributed by atoms with Crippen LogP contribution in [-0.2, 0) is 9.47 Å². The molecule has 0 rings (SSSR count). The van der Waals surface area contributed by atoms with E-state index >= 15 is 0 Å². The van der Waals surface area contributed by atoms with Crippen molar-refractivity contribution in [3.63, 3.8) is 0 Å². The molecule has 0 spiro atoms. The monoisotopic (exact) mass is 161 g/mol. The van der Waals surface area contributed by atoms with Crippen molar-refractivity contribution in [2.24, 2.45) is 5.92 Å². The van der Waals surface area contributed by atoms with E-state index in [0.29, 0.717) is 5.92 Å². The van der Waals surface area contributed by atoms with E-state index in [0.717, 1.165) is 0 Å². The van der Waals surface area contributed by atoms with Crippen LogP contribution in [0.25, 0.3) is 0 Å². The molecule has 1 radical (unpaired) electrons. The van der Waals surface area contributed by atoms with Crippen molar-refractivity contribution < 1.29 is 9.47 Å². The maximum Gasteiger partial charge on any atom is 0.134 e. The van der Waals surface area contributed by atoms with E-state index in [2.05, 4.69) is 13.8 Å². The summed E-state index contributed by atoms with van der Waals surface area (Å²) in [6.07, 6.45) is 0. The SMILES string of the molecule is [CH2]C(C)C[SiH2]C(OC)OC. The van der Waals surface area contributed by atoms with Crippen molar-refractivity contribution in [3.05, 3.63) is 6.92 Å². The van der Waals surface area contributed by atoms with Crippen molar-refractivity contribution in [1.82, 2.24) is 0 Å². The molecule has 0 aliphatic heterocycles. The highest BCUT2D eigenvalue weighted by molar-refractivity contribution is 6.36. The molecule has 3 heteroatoms. The number of hydrogen-bond acceptors (Lipinski definition) is 2. The fourth-order valence-electron chi connectivity index (χ4n) is 0.753. The van der Waals surface area contributed by atoms with Crippen LogP contribution in [0, 0.1) is 12.8 Å². The molecule has 0 N–H and O–H groups in total. The number of rotatable bonds is 5.